The number of rotatable bonds is 1. The first-order valence-corrected chi connectivity index (χ1v) is 4.34. The van der Waals surface area contributed by atoms with E-state index < -0.39 is 0 Å². The molecule has 0 aromatic carbocycles. The minimum absolute atomic E-state index is 0.0237. The van der Waals surface area contributed by atoms with E-state index in [4.69, 9.17) is 4.74 Å². The van der Waals surface area contributed by atoms with Gasteiger partial charge in [-0.25, -0.2) is 0 Å². The van der Waals surface area contributed by atoms with Gasteiger partial charge < -0.3 is 9.64 Å². The van der Waals surface area contributed by atoms with Crippen molar-refractivity contribution in [2.75, 3.05) is 20.1 Å². The Bertz CT molecular complexity index is 128. The standard InChI is InChI=1S/C9H19NO/c1-9(2,3)11-8-5-6-10(4)7-8/h8H,5-7H2,1-4H3/t8-/m0/s1. The molecule has 0 aromatic heterocycles. The average Bonchev–Trinajstić information content (AvgIpc) is 2.10. The van der Waals surface area contributed by atoms with Crippen molar-refractivity contribution in [3.63, 3.8) is 0 Å². The first-order chi connectivity index (χ1) is 4.97. The van der Waals surface area contributed by atoms with Crippen LogP contribution in [0.25, 0.3) is 0 Å². The van der Waals surface area contributed by atoms with Gasteiger partial charge in [0.15, 0.2) is 0 Å². The van der Waals surface area contributed by atoms with Crippen LogP contribution < -0.4 is 0 Å². The van der Waals surface area contributed by atoms with Crippen LogP contribution >= 0.6 is 0 Å². The Kier molecular flexibility index (Phi) is 2.55. The van der Waals surface area contributed by atoms with Gasteiger partial charge in [0.05, 0.1) is 11.7 Å². The van der Waals surface area contributed by atoms with E-state index in [9.17, 15) is 0 Å². The molecule has 1 heterocycles. The Morgan fingerprint density at radius 3 is 2.36 bits per heavy atom. The lowest BCUT2D eigenvalue weighted by molar-refractivity contribution is -0.0531. The molecule has 1 atom stereocenters. The molecule has 1 rings (SSSR count). The lowest BCUT2D eigenvalue weighted by Crippen LogP contribution is -2.29. The van der Waals surface area contributed by atoms with Crippen molar-refractivity contribution >= 4 is 0 Å². The van der Waals surface area contributed by atoms with Gasteiger partial charge in [-0.1, -0.05) is 0 Å². The lowest BCUT2D eigenvalue weighted by Gasteiger charge is -2.24. The summed E-state index contributed by atoms with van der Waals surface area (Å²) in [6, 6.07) is 0. The summed E-state index contributed by atoms with van der Waals surface area (Å²) < 4.78 is 5.83. The minimum Gasteiger partial charge on any atom is -0.371 e. The molecule has 0 radical (unpaired) electrons. The normalized spacial score (nSPS) is 27.8. The van der Waals surface area contributed by atoms with Crippen molar-refractivity contribution in [3.05, 3.63) is 0 Å². The molecule has 0 N–H and O–H groups in total. The fourth-order valence-corrected chi connectivity index (χ4v) is 1.49. The third kappa shape index (κ3) is 3.21. The van der Waals surface area contributed by atoms with E-state index in [2.05, 4.69) is 32.7 Å². The number of likely N-dealkylation sites (tertiary alicyclic amines) is 1. The summed E-state index contributed by atoms with van der Waals surface area (Å²) >= 11 is 0. The first kappa shape index (κ1) is 9.01. The van der Waals surface area contributed by atoms with Crippen LogP contribution in [0, 0.1) is 0 Å². The van der Waals surface area contributed by atoms with Crippen LogP contribution in [-0.4, -0.2) is 36.7 Å². The van der Waals surface area contributed by atoms with Crippen molar-refractivity contribution in [3.8, 4) is 0 Å². The Morgan fingerprint density at radius 2 is 2.00 bits per heavy atom. The second-order valence-electron chi connectivity index (χ2n) is 4.40. The summed E-state index contributed by atoms with van der Waals surface area (Å²) in [5, 5.41) is 0. The van der Waals surface area contributed by atoms with Crippen LogP contribution in [0.5, 0.6) is 0 Å². The van der Waals surface area contributed by atoms with Crippen LogP contribution in [0.2, 0.25) is 0 Å². The highest BCUT2D eigenvalue weighted by Crippen LogP contribution is 2.17. The topological polar surface area (TPSA) is 12.5 Å². The smallest absolute Gasteiger partial charge is 0.0721 e. The molecule has 0 aliphatic carbocycles. The minimum atomic E-state index is 0.0237. The number of hydrogen-bond donors (Lipinski definition) is 0. The van der Waals surface area contributed by atoms with Gasteiger partial charge in [-0.05, 0) is 34.2 Å². The molecule has 0 aromatic rings. The molecule has 1 aliphatic rings. The monoisotopic (exact) mass is 157 g/mol. The highest BCUT2D eigenvalue weighted by Gasteiger charge is 2.24. The Labute approximate surface area is 69.5 Å². The molecule has 11 heavy (non-hydrogen) atoms. The number of nitrogens with zero attached hydrogens (tertiary/aromatic N) is 1. The predicted molar refractivity (Wildman–Crippen MR) is 46.7 cm³/mol. The molecule has 0 amide bonds. The van der Waals surface area contributed by atoms with Crippen molar-refractivity contribution in [2.45, 2.75) is 38.9 Å². The fraction of sp³-hybridized carbons (Fsp3) is 1.00. The number of ether oxygens (including phenoxy) is 1. The third-order valence-electron chi connectivity index (χ3n) is 1.87. The maximum atomic E-state index is 5.83. The zero-order chi connectivity index (χ0) is 8.48. The Balaban J connectivity index is 2.29. The summed E-state index contributed by atoms with van der Waals surface area (Å²) in [7, 11) is 2.14. The molecule has 1 saturated heterocycles. The van der Waals surface area contributed by atoms with Crippen molar-refractivity contribution in [1.29, 1.82) is 0 Å². The second kappa shape index (κ2) is 3.11. The predicted octanol–water partition coefficient (Wildman–Crippen LogP) is 1.51. The van der Waals surface area contributed by atoms with Gasteiger partial charge in [0.2, 0.25) is 0 Å². The SMILES string of the molecule is CN1CC[C@H](OC(C)(C)C)C1. The molecule has 0 saturated carbocycles. The van der Waals surface area contributed by atoms with Gasteiger partial charge in [0.1, 0.15) is 0 Å². The summed E-state index contributed by atoms with van der Waals surface area (Å²) in [5.41, 5.74) is 0.0237. The van der Waals surface area contributed by atoms with Crippen LogP contribution in [-0.2, 0) is 4.74 Å². The number of hydrogen-bond acceptors (Lipinski definition) is 2. The van der Waals surface area contributed by atoms with Crippen molar-refractivity contribution in [2.24, 2.45) is 0 Å². The van der Waals surface area contributed by atoms with E-state index in [0.717, 1.165) is 6.54 Å². The van der Waals surface area contributed by atoms with Gasteiger partial charge in [-0.2, -0.15) is 0 Å². The molecule has 0 spiro atoms. The maximum Gasteiger partial charge on any atom is 0.0721 e. The van der Waals surface area contributed by atoms with Crippen LogP contribution in [0.1, 0.15) is 27.2 Å². The van der Waals surface area contributed by atoms with E-state index in [0.29, 0.717) is 6.10 Å². The molecule has 0 bridgehead atoms. The van der Waals surface area contributed by atoms with Gasteiger partial charge in [0, 0.05) is 13.1 Å². The fourth-order valence-electron chi connectivity index (χ4n) is 1.49. The van der Waals surface area contributed by atoms with Gasteiger partial charge >= 0.3 is 0 Å². The van der Waals surface area contributed by atoms with Crippen LogP contribution in [0.4, 0.5) is 0 Å². The largest absolute Gasteiger partial charge is 0.371 e. The summed E-state index contributed by atoms with van der Waals surface area (Å²) in [6.07, 6.45) is 1.65. The Hall–Kier alpha value is -0.0800. The maximum absolute atomic E-state index is 5.83. The highest BCUT2D eigenvalue weighted by atomic mass is 16.5. The molecule has 1 fully saturated rings. The molecular weight excluding hydrogens is 138 g/mol. The van der Waals surface area contributed by atoms with Gasteiger partial charge in [-0.3, -0.25) is 0 Å². The summed E-state index contributed by atoms with van der Waals surface area (Å²) in [5.74, 6) is 0. The number of likely N-dealkylation sites (N-methyl/N-ethyl adjacent to an activating group) is 1. The molecule has 0 unspecified atom stereocenters. The van der Waals surface area contributed by atoms with Crippen LogP contribution in [0.3, 0.4) is 0 Å². The molecular formula is C9H19NO. The molecule has 2 nitrogen and oxygen atoms in total. The van der Waals surface area contributed by atoms with E-state index in [1.807, 2.05) is 0 Å². The van der Waals surface area contributed by atoms with Gasteiger partial charge in [-0.15, -0.1) is 0 Å². The molecule has 66 valence electrons. The first-order valence-electron chi connectivity index (χ1n) is 4.34. The van der Waals surface area contributed by atoms with Crippen LogP contribution in [0.15, 0.2) is 0 Å². The van der Waals surface area contributed by atoms with Crippen molar-refractivity contribution in [1.82, 2.24) is 4.90 Å². The lowest BCUT2D eigenvalue weighted by atomic mass is 10.2. The second-order valence-corrected chi connectivity index (χ2v) is 4.40. The van der Waals surface area contributed by atoms with Crippen molar-refractivity contribution < 1.29 is 4.74 Å². The third-order valence-corrected chi connectivity index (χ3v) is 1.87. The molecule has 2 heteroatoms. The van der Waals surface area contributed by atoms with E-state index in [1.54, 1.807) is 0 Å². The summed E-state index contributed by atoms with van der Waals surface area (Å²) in [6.45, 7) is 8.62. The highest BCUT2D eigenvalue weighted by molar-refractivity contribution is 4.76. The molecule has 1 aliphatic heterocycles. The quantitative estimate of drug-likeness (QED) is 0.572. The van der Waals surface area contributed by atoms with Gasteiger partial charge in [0.25, 0.3) is 0 Å². The Morgan fingerprint density at radius 1 is 1.36 bits per heavy atom. The van der Waals surface area contributed by atoms with E-state index in [-0.39, 0.29) is 5.60 Å². The van der Waals surface area contributed by atoms with E-state index in [1.165, 1.54) is 13.0 Å². The average molecular weight is 157 g/mol. The van der Waals surface area contributed by atoms with E-state index >= 15 is 0 Å². The zero-order valence-corrected chi connectivity index (χ0v) is 8.05. The summed E-state index contributed by atoms with van der Waals surface area (Å²) in [4.78, 5) is 2.32. The zero-order valence-electron chi connectivity index (χ0n) is 8.05.